The molecule has 0 aliphatic carbocycles. The van der Waals surface area contributed by atoms with Crippen LogP contribution in [0.1, 0.15) is 44.7 Å². The maximum absolute atomic E-state index is 14.9. The topological polar surface area (TPSA) is 57.2 Å². The van der Waals surface area contributed by atoms with Gasteiger partial charge in [0.05, 0.1) is 32.8 Å². The number of carbonyl (C=O) groups excluding carboxylic acids is 1. The molecule has 0 saturated carbocycles. The number of nitrogens with zero attached hydrogens (tertiary/aromatic N) is 1. The van der Waals surface area contributed by atoms with E-state index < -0.39 is 32.2 Å². The van der Waals surface area contributed by atoms with E-state index in [9.17, 15) is 13.6 Å². The number of likely N-dealkylation sites (tertiary alicyclic amines) is 1. The van der Waals surface area contributed by atoms with Crippen LogP contribution in [0.5, 0.6) is 17.2 Å². The van der Waals surface area contributed by atoms with Crippen molar-refractivity contribution in [1.82, 2.24) is 4.90 Å². The first-order valence-electron chi connectivity index (χ1n) is 12.8. The van der Waals surface area contributed by atoms with Crippen LogP contribution < -0.4 is 14.2 Å². The van der Waals surface area contributed by atoms with E-state index in [4.69, 9.17) is 18.6 Å². The van der Waals surface area contributed by atoms with Crippen molar-refractivity contribution >= 4 is 14.9 Å². The quantitative estimate of drug-likeness (QED) is 0.321. The van der Waals surface area contributed by atoms with E-state index in [1.807, 2.05) is 25.2 Å². The third-order valence-electron chi connectivity index (χ3n) is 6.95. The highest BCUT2D eigenvalue weighted by molar-refractivity contribution is 6.48. The van der Waals surface area contributed by atoms with Crippen LogP contribution in [0.15, 0.2) is 30.3 Å². The second-order valence-corrected chi connectivity index (χ2v) is 13.4. The van der Waals surface area contributed by atoms with Gasteiger partial charge in [0.25, 0.3) is 0 Å². The lowest BCUT2D eigenvalue weighted by molar-refractivity contribution is -0.142. The zero-order chi connectivity index (χ0) is 28.3. The standard InChI is InChI=1S/C29H40F2NO5Si/c1-28(2,3)17-25(37-38(7)8)29(16-20-9-10-21(30)15-22(20)31)11-12-32(27(29)33)18-19-13-23(34-4)26(36-6)24(14-19)35-5/h9-10,13-15,25H,11-12,16-18H2,1-8H3. The number of ether oxygens (including phenoxy) is 3. The van der Waals surface area contributed by atoms with Crippen LogP contribution in [-0.4, -0.2) is 53.8 Å². The number of amides is 1. The van der Waals surface area contributed by atoms with Crippen molar-refractivity contribution in [3.63, 3.8) is 0 Å². The van der Waals surface area contributed by atoms with E-state index in [2.05, 4.69) is 20.8 Å². The molecule has 0 aromatic heterocycles. The first-order valence-corrected chi connectivity index (χ1v) is 15.2. The molecular weight excluding hydrogens is 508 g/mol. The molecule has 2 aromatic rings. The minimum Gasteiger partial charge on any atom is -0.493 e. The number of carbonyl (C=O) groups is 1. The summed E-state index contributed by atoms with van der Waals surface area (Å²) in [7, 11) is 3.46. The molecule has 0 spiro atoms. The average Bonchev–Trinajstić information content (AvgIpc) is 3.14. The van der Waals surface area contributed by atoms with Crippen LogP contribution in [0.4, 0.5) is 8.78 Å². The van der Waals surface area contributed by atoms with Crippen LogP contribution in [-0.2, 0) is 22.2 Å². The third kappa shape index (κ3) is 6.67. The number of rotatable bonds is 11. The molecule has 2 aromatic carbocycles. The van der Waals surface area contributed by atoms with E-state index in [0.29, 0.717) is 48.7 Å². The Hall–Kier alpha value is -2.65. The molecule has 38 heavy (non-hydrogen) atoms. The monoisotopic (exact) mass is 548 g/mol. The van der Waals surface area contributed by atoms with Crippen molar-refractivity contribution in [2.75, 3.05) is 27.9 Å². The maximum Gasteiger partial charge on any atom is 0.232 e. The second kappa shape index (κ2) is 12.0. The second-order valence-electron chi connectivity index (χ2n) is 11.4. The molecule has 1 saturated heterocycles. The fourth-order valence-electron chi connectivity index (χ4n) is 5.23. The van der Waals surface area contributed by atoms with Gasteiger partial charge in [0.15, 0.2) is 11.5 Å². The lowest BCUT2D eigenvalue weighted by Crippen LogP contribution is -2.48. The number of methoxy groups -OCH3 is 3. The largest absolute Gasteiger partial charge is 0.493 e. The van der Waals surface area contributed by atoms with Crippen LogP contribution >= 0.6 is 0 Å². The minimum atomic E-state index is -1.18. The molecule has 209 valence electrons. The van der Waals surface area contributed by atoms with Crippen molar-refractivity contribution in [3.05, 3.63) is 53.1 Å². The summed E-state index contributed by atoms with van der Waals surface area (Å²) in [5, 5.41) is 0. The lowest BCUT2D eigenvalue weighted by Gasteiger charge is -2.40. The fraction of sp³-hybridized carbons (Fsp3) is 0.552. The Kier molecular flexibility index (Phi) is 9.46. The molecule has 1 aliphatic heterocycles. The Labute approximate surface area is 226 Å². The molecule has 3 rings (SSSR count). The molecule has 1 radical (unpaired) electrons. The lowest BCUT2D eigenvalue weighted by atomic mass is 9.70. The van der Waals surface area contributed by atoms with Gasteiger partial charge in [0.1, 0.15) is 11.6 Å². The van der Waals surface area contributed by atoms with Crippen LogP contribution in [0.25, 0.3) is 0 Å². The highest BCUT2D eigenvalue weighted by atomic mass is 28.3. The predicted octanol–water partition coefficient (Wildman–Crippen LogP) is 6.02. The van der Waals surface area contributed by atoms with Gasteiger partial charge in [-0.3, -0.25) is 4.79 Å². The highest BCUT2D eigenvalue weighted by Gasteiger charge is 2.53. The van der Waals surface area contributed by atoms with Gasteiger partial charge in [-0.05, 0) is 67.1 Å². The molecular formula is C29H40F2NO5Si. The van der Waals surface area contributed by atoms with Crippen LogP contribution in [0.2, 0.25) is 13.1 Å². The van der Waals surface area contributed by atoms with Crippen molar-refractivity contribution in [3.8, 4) is 17.2 Å². The summed E-state index contributed by atoms with van der Waals surface area (Å²) >= 11 is 0. The molecule has 2 unspecified atom stereocenters. The zero-order valence-electron chi connectivity index (χ0n) is 23.7. The molecule has 2 atom stereocenters. The Balaban J connectivity index is 2.04. The number of hydrogen-bond donors (Lipinski definition) is 0. The fourth-order valence-corrected chi connectivity index (χ4v) is 6.11. The summed E-state index contributed by atoms with van der Waals surface area (Å²) in [5.41, 5.74) is 0.0356. The van der Waals surface area contributed by atoms with Crippen molar-refractivity contribution in [2.45, 2.75) is 65.8 Å². The summed E-state index contributed by atoms with van der Waals surface area (Å²) in [5.74, 6) is 0.113. The molecule has 0 N–H and O–H groups in total. The summed E-state index contributed by atoms with van der Waals surface area (Å²) in [6, 6.07) is 7.23. The SMILES string of the molecule is COc1cc(CN2CCC(Cc3ccc(F)cc3F)(C(CC(C)(C)C)O[Si](C)C)C2=O)cc(OC)c1OC. The normalized spacial score (nSPS) is 18.7. The number of halogens is 2. The van der Waals surface area contributed by atoms with Gasteiger partial charge in [-0.25, -0.2) is 8.78 Å². The summed E-state index contributed by atoms with van der Waals surface area (Å²) in [6.45, 7) is 11.2. The van der Waals surface area contributed by atoms with Gasteiger partial charge in [0.2, 0.25) is 20.7 Å². The summed E-state index contributed by atoms with van der Waals surface area (Å²) in [6.07, 6.45) is 0.867. The smallest absolute Gasteiger partial charge is 0.232 e. The van der Waals surface area contributed by atoms with Gasteiger partial charge in [-0.15, -0.1) is 0 Å². The molecule has 6 nitrogen and oxygen atoms in total. The third-order valence-corrected chi connectivity index (χ3v) is 7.71. The summed E-state index contributed by atoms with van der Waals surface area (Å²) < 4.78 is 51.6. The molecule has 0 bridgehead atoms. The van der Waals surface area contributed by atoms with Gasteiger partial charge in [-0.2, -0.15) is 0 Å². The van der Waals surface area contributed by atoms with E-state index in [0.717, 1.165) is 11.6 Å². The van der Waals surface area contributed by atoms with Crippen molar-refractivity contribution in [2.24, 2.45) is 10.8 Å². The van der Waals surface area contributed by atoms with E-state index >= 15 is 0 Å². The van der Waals surface area contributed by atoms with Gasteiger partial charge in [-0.1, -0.05) is 26.8 Å². The van der Waals surface area contributed by atoms with E-state index in [1.165, 1.54) is 12.1 Å². The number of benzene rings is 2. The van der Waals surface area contributed by atoms with Gasteiger partial charge in [0, 0.05) is 19.2 Å². The van der Waals surface area contributed by atoms with Gasteiger partial charge >= 0.3 is 0 Å². The molecule has 1 fully saturated rings. The number of hydrogen-bond acceptors (Lipinski definition) is 5. The van der Waals surface area contributed by atoms with Crippen molar-refractivity contribution in [1.29, 1.82) is 0 Å². The molecule has 1 heterocycles. The average molecular weight is 549 g/mol. The Morgan fingerprint density at radius 1 is 1.03 bits per heavy atom. The Morgan fingerprint density at radius 2 is 1.66 bits per heavy atom. The molecule has 9 heteroatoms. The van der Waals surface area contributed by atoms with E-state index in [-0.39, 0.29) is 17.7 Å². The van der Waals surface area contributed by atoms with Crippen LogP contribution in [0, 0.1) is 22.5 Å². The predicted molar refractivity (Wildman–Crippen MR) is 145 cm³/mol. The van der Waals surface area contributed by atoms with E-state index in [1.54, 1.807) is 26.2 Å². The zero-order valence-corrected chi connectivity index (χ0v) is 24.7. The highest BCUT2D eigenvalue weighted by Crippen LogP contribution is 2.46. The first kappa shape index (κ1) is 29.9. The molecule has 1 amide bonds. The summed E-state index contributed by atoms with van der Waals surface area (Å²) in [4.78, 5) is 16.1. The van der Waals surface area contributed by atoms with Crippen LogP contribution in [0.3, 0.4) is 0 Å². The first-order chi connectivity index (χ1) is 17.8. The Bertz CT molecular complexity index is 1110. The van der Waals surface area contributed by atoms with Gasteiger partial charge < -0.3 is 23.5 Å². The molecule has 1 aliphatic rings. The Morgan fingerprint density at radius 3 is 2.16 bits per heavy atom. The maximum atomic E-state index is 14.9. The minimum absolute atomic E-state index is 0.0903. The van der Waals surface area contributed by atoms with Crippen molar-refractivity contribution < 1.29 is 32.2 Å².